The number of hydrogen-bond acceptors (Lipinski definition) is 2. The molecule has 0 amide bonds. The first-order valence-corrected chi connectivity index (χ1v) is 9.85. The highest BCUT2D eigenvalue weighted by atomic mass is 15.2. The first-order chi connectivity index (χ1) is 12.7. The first-order valence-electron chi connectivity index (χ1n) is 9.85. The second-order valence-corrected chi connectivity index (χ2v) is 8.68. The van der Waals surface area contributed by atoms with E-state index in [9.17, 15) is 5.26 Å². The maximum Gasteiger partial charge on any atom is 0.0998 e. The van der Waals surface area contributed by atoms with Crippen molar-refractivity contribution in [1.29, 1.82) is 5.26 Å². The number of benzene rings is 2. The number of allylic oxidation sites excluding steroid dienone is 1. The molecule has 0 saturated heterocycles. The van der Waals surface area contributed by atoms with E-state index in [1.54, 1.807) is 0 Å². The van der Waals surface area contributed by atoms with Crippen molar-refractivity contribution in [2.24, 2.45) is 0 Å². The van der Waals surface area contributed by atoms with E-state index < -0.39 is 0 Å². The molecule has 0 saturated carbocycles. The number of aryl methyl sites for hydroxylation is 1. The lowest BCUT2D eigenvalue weighted by atomic mass is 9.78. The fourth-order valence-electron chi connectivity index (χ4n) is 4.70. The molecule has 3 rings (SSSR count). The number of rotatable bonds is 3. The largest absolute Gasteiger partial charge is 0.364 e. The van der Waals surface area contributed by atoms with Gasteiger partial charge < -0.3 is 4.90 Å². The van der Waals surface area contributed by atoms with Crippen LogP contribution in [-0.2, 0) is 0 Å². The van der Waals surface area contributed by atoms with Crippen LogP contribution in [0.5, 0.6) is 0 Å². The number of hydrogen-bond donors (Lipinski definition) is 0. The van der Waals surface area contributed by atoms with Crippen LogP contribution in [0.4, 0.5) is 5.69 Å². The zero-order chi connectivity index (χ0) is 19.8. The predicted molar refractivity (Wildman–Crippen MR) is 116 cm³/mol. The Morgan fingerprint density at radius 1 is 1.22 bits per heavy atom. The Kier molecular flexibility index (Phi) is 5.16. The summed E-state index contributed by atoms with van der Waals surface area (Å²) in [5, 5.41) is 9.68. The van der Waals surface area contributed by atoms with Gasteiger partial charge in [0, 0.05) is 17.3 Å². The van der Waals surface area contributed by atoms with Crippen LogP contribution in [0.25, 0.3) is 11.6 Å². The standard InChI is InChI=1S/C25H30N2/c1-17(2)27-24-12-18(3)21(14-23(24)19(4)15-25(27,5)6)13-22(16-26)20-10-8-7-9-11-20/h7-14,17,19H,15H2,1-6H3/b22-13+/t19-/m0/s1. The van der Waals surface area contributed by atoms with E-state index in [1.807, 2.05) is 36.4 Å². The molecule has 0 aliphatic carbocycles. The van der Waals surface area contributed by atoms with Crippen molar-refractivity contribution in [3.8, 4) is 6.07 Å². The highest BCUT2D eigenvalue weighted by molar-refractivity contribution is 5.90. The van der Waals surface area contributed by atoms with Crippen molar-refractivity contribution >= 4 is 17.3 Å². The zero-order valence-electron chi connectivity index (χ0n) is 17.4. The highest BCUT2D eigenvalue weighted by Crippen LogP contribution is 2.45. The van der Waals surface area contributed by atoms with Crippen molar-refractivity contribution < 1.29 is 0 Å². The molecule has 1 aliphatic rings. The lowest BCUT2D eigenvalue weighted by Crippen LogP contribution is -2.51. The molecule has 2 nitrogen and oxygen atoms in total. The summed E-state index contributed by atoms with van der Waals surface area (Å²) in [6.45, 7) is 13.7. The van der Waals surface area contributed by atoms with E-state index >= 15 is 0 Å². The second kappa shape index (κ2) is 7.24. The van der Waals surface area contributed by atoms with Crippen LogP contribution in [-0.4, -0.2) is 11.6 Å². The van der Waals surface area contributed by atoms with Gasteiger partial charge in [-0.2, -0.15) is 5.26 Å². The molecule has 0 unspecified atom stereocenters. The van der Waals surface area contributed by atoms with E-state index in [-0.39, 0.29) is 5.54 Å². The van der Waals surface area contributed by atoms with E-state index in [1.165, 1.54) is 16.8 Å². The fourth-order valence-corrected chi connectivity index (χ4v) is 4.70. The SMILES string of the molecule is Cc1cc2c(cc1/C=C(\C#N)c1ccccc1)[C@@H](C)CC(C)(C)N2C(C)C. The third-order valence-corrected chi connectivity index (χ3v) is 5.69. The van der Waals surface area contributed by atoms with Gasteiger partial charge >= 0.3 is 0 Å². The van der Waals surface area contributed by atoms with Crippen LogP contribution in [0.15, 0.2) is 42.5 Å². The molecule has 1 heterocycles. The summed E-state index contributed by atoms with van der Waals surface area (Å²) in [4.78, 5) is 2.56. The number of anilines is 1. The molecule has 0 spiro atoms. The summed E-state index contributed by atoms with van der Waals surface area (Å²) >= 11 is 0. The Balaban J connectivity index is 2.13. The lowest BCUT2D eigenvalue weighted by molar-refractivity contribution is 0.356. The van der Waals surface area contributed by atoms with E-state index in [0.717, 1.165) is 17.5 Å². The van der Waals surface area contributed by atoms with Crippen molar-refractivity contribution in [2.45, 2.75) is 65.5 Å². The Labute approximate surface area is 164 Å². The minimum absolute atomic E-state index is 0.145. The second-order valence-electron chi connectivity index (χ2n) is 8.68. The first kappa shape index (κ1) is 19.2. The molecule has 0 aromatic heterocycles. The molecule has 2 aromatic carbocycles. The van der Waals surface area contributed by atoms with E-state index in [2.05, 4.69) is 64.6 Å². The highest BCUT2D eigenvalue weighted by Gasteiger charge is 2.37. The van der Waals surface area contributed by atoms with Crippen molar-refractivity contribution in [3.63, 3.8) is 0 Å². The average Bonchev–Trinajstić information content (AvgIpc) is 2.60. The monoisotopic (exact) mass is 358 g/mol. The molecule has 1 atom stereocenters. The van der Waals surface area contributed by atoms with Gasteiger partial charge in [0.2, 0.25) is 0 Å². The summed E-state index contributed by atoms with van der Waals surface area (Å²) in [5.74, 6) is 0.500. The Hall–Kier alpha value is -2.53. The molecule has 1 aliphatic heterocycles. The average molecular weight is 359 g/mol. The maximum atomic E-state index is 9.68. The minimum atomic E-state index is 0.145. The van der Waals surface area contributed by atoms with Crippen molar-refractivity contribution in [3.05, 3.63) is 64.7 Å². The summed E-state index contributed by atoms with van der Waals surface area (Å²) in [6.07, 6.45) is 3.17. The third kappa shape index (κ3) is 3.65. The van der Waals surface area contributed by atoms with Gasteiger partial charge in [-0.15, -0.1) is 0 Å². The van der Waals surface area contributed by atoms with Crippen LogP contribution < -0.4 is 4.90 Å². The maximum absolute atomic E-state index is 9.68. The van der Waals surface area contributed by atoms with Crippen molar-refractivity contribution in [2.75, 3.05) is 4.90 Å². The normalized spacial score (nSPS) is 19.0. The van der Waals surface area contributed by atoms with Crippen LogP contribution in [0.2, 0.25) is 0 Å². The smallest absolute Gasteiger partial charge is 0.0998 e. The van der Waals surface area contributed by atoms with Crippen LogP contribution >= 0.6 is 0 Å². The van der Waals surface area contributed by atoms with Gasteiger partial charge in [-0.25, -0.2) is 0 Å². The van der Waals surface area contributed by atoms with Crippen LogP contribution in [0, 0.1) is 18.3 Å². The minimum Gasteiger partial charge on any atom is -0.364 e. The number of nitrogens with zero attached hydrogens (tertiary/aromatic N) is 2. The zero-order valence-corrected chi connectivity index (χ0v) is 17.4. The van der Waals surface area contributed by atoms with Crippen molar-refractivity contribution in [1.82, 2.24) is 0 Å². The molecule has 2 aromatic rings. The van der Waals surface area contributed by atoms with Gasteiger partial charge in [-0.3, -0.25) is 0 Å². The molecule has 0 N–H and O–H groups in total. The van der Waals surface area contributed by atoms with Gasteiger partial charge in [0.15, 0.2) is 0 Å². The van der Waals surface area contributed by atoms with Crippen LogP contribution in [0.1, 0.15) is 69.2 Å². The van der Waals surface area contributed by atoms with Gasteiger partial charge in [0.05, 0.1) is 11.6 Å². The molecule has 0 radical (unpaired) electrons. The summed E-state index contributed by atoms with van der Waals surface area (Å²) in [5.41, 5.74) is 6.93. The van der Waals surface area contributed by atoms with Gasteiger partial charge in [0.25, 0.3) is 0 Å². The molecular formula is C25H30N2. The lowest BCUT2D eigenvalue weighted by Gasteiger charge is -2.50. The molecular weight excluding hydrogens is 328 g/mol. The molecule has 140 valence electrons. The Morgan fingerprint density at radius 2 is 1.89 bits per heavy atom. The predicted octanol–water partition coefficient (Wildman–Crippen LogP) is 6.56. The van der Waals surface area contributed by atoms with Gasteiger partial charge in [-0.1, -0.05) is 37.3 Å². The molecule has 0 fully saturated rings. The molecule has 2 heteroatoms. The summed E-state index contributed by atoms with van der Waals surface area (Å²) in [6, 6.07) is 17.4. The van der Waals surface area contributed by atoms with Gasteiger partial charge in [-0.05, 0) is 87.4 Å². The quantitative estimate of drug-likeness (QED) is 0.459. The Morgan fingerprint density at radius 3 is 2.48 bits per heavy atom. The number of nitriles is 1. The third-order valence-electron chi connectivity index (χ3n) is 5.69. The Bertz CT molecular complexity index is 898. The number of fused-ring (bicyclic) bond motifs is 1. The summed E-state index contributed by atoms with van der Waals surface area (Å²) in [7, 11) is 0. The van der Waals surface area contributed by atoms with Crippen LogP contribution in [0.3, 0.4) is 0 Å². The summed E-state index contributed by atoms with van der Waals surface area (Å²) < 4.78 is 0. The van der Waals surface area contributed by atoms with E-state index in [4.69, 9.17) is 0 Å². The molecule has 0 bridgehead atoms. The topological polar surface area (TPSA) is 27.0 Å². The fraction of sp³-hybridized carbons (Fsp3) is 0.400. The van der Waals surface area contributed by atoms with E-state index in [0.29, 0.717) is 17.5 Å². The van der Waals surface area contributed by atoms with Gasteiger partial charge in [0.1, 0.15) is 0 Å². The molecule has 27 heavy (non-hydrogen) atoms.